The van der Waals surface area contributed by atoms with E-state index in [4.69, 9.17) is 9.47 Å². The number of amides is 1. The summed E-state index contributed by atoms with van der Waals surface area (Å²) in [5, 5.41) is 3.29. The number of carbonyl (C=O) groups excluding carboxylic acids is 1. The van der Waals surface area contributed by atoms with Crippen LogP contribution in [0.5, 0.6) is 5.75 Å². The molecule has 0 spiro atoms. The van der Waals surface area contributed by atoms with Crippen LogP contribution >= 0.6 is 11.3 Å². The lowest BCUT2D eigenvalue weighted by Gasteiger charge is -2.26. The van der Waals surface area contributed by atoms with E-state index in [0.717, 1.165) is 21.9 Å². The fourth-order valence-corrected chi connectivity index (χ4v) is 5.72. The Morgan fingerprint density at radius 3 is 2.42 bits per heavy atom. The lowest BCUT2D eigenvalue weighted by atomic mass is 10.1. The smallest absolute Gasteiger partial charge is 0.257 e. The van der Waals surface area contributed by atoms with E-state index in [1.807, 2.05) is 38.1 Å². The van der Waals surface area contributed by atoms with Gasteiger partial charge in [-0.05, 0) is 62.4 Å². The van der Waals surface area contributed by atoms with Gasteiger partial charge in [0.1, 0.15) is 5.75 Å². The Morgan fingerprint density at radius 2 is 1.79 bits per heavy atom. The number of morpholine rings is 1. The van der Waals surface area contributed by atoms with Crippen LogP contribution in [0.4, 0.5) is 5.13 Å². The standard InChI is InChI=1S/C23H25N3O5S2/c1-3-31-19-8-4-17(5-9-19)21-16(2)32-23(24-21)25-22(27)18-6-10-20(11-7-18)33(28,29)26-12-14-30-15-13-26/h4-11H,3,12-15H2,1-2H3,(H,24,25,27). The Bertz CT molecular complexity index is 1220. The van der Waals surface area contributed by atoms with Crippen molar-refractivity contribution in [2.75, 3.05) is 38.2 Å². The summed E-state index contributed by atoms with van der Waals surface area (Å²) in [7, 11) is -3.60. The highest BCUT2D eigenvalue weighted by atomic mass is 32.2. The Balaban J connectivity index is 1.46. The quantitative estimate of drug-likeness (QED) is 0.545. The number of benzene rings is 2. The maximum absolute atomic E-state index is 12.7. The molecule has 0 bridgehead atoms. The number of rotatable bonds is 7. The molecule has 4 rings (SSSR count). The van der Waals surface area contributed by atoms with Crippen molar-refractivity contribution in [2.45, 2.75) is 18.7 Å². The number of thiazole rings is 1. The summed E-state index contributed by atoms with van der Waals surface area (Å²) in [4.78, 5) is 18.4. The number of nitrogens with zero attached hydrogens (tertiary/aromatic N) is 2. The molecular weight excluding hydrogens is 462 g/mol. The number of carbonyl (C=O) groups is 1. The molecule has 174 valence electrons. The fourth-order valence-electron chi connectivity index (χ4n) is 3.48. The maximum atomic E-state index is 12.7. The largest absolute Gasteiger partial charge is 0.494 e. The SMILES string of the molecule is CCOc1ccc(-c2nc(NC(=O)c3ccc(S(=O)(=O)N4CCOCC4)cc3)sc2C)cc1. The molecule has 3 aromatic rings. The van der Waals surface area contributed by atoms with Crippen molar-refractivity contribution >= 4 is 32.4 Å². The summed E-state index contributed by atoms with van der Waals surface area (Å²) in [6, 6.07) is 13.6. The van der Waals surface area contributed by atoms with Crippen molar-refractivity contribution in [3.63, 3.8) is 0 Å². The van der Waals surface area contributed by atoms with Crippen LogP contribution < -0.4 is 10.1 Å². The van der Waals surface area contributed by atoms with Crippen LogP contribution in [0.1, 0.15) is 22.2 Å². The zero-order valence-corrected chi connectivity index (χ0v) is 20.0. The van der Waals surface area contributed by atoms with E-state index in [0.29, 0.717) is 43.6 Å². The molecule has 1 saturated heterocycles. The number of hydrogen-bond donors (Lipinski definition) is 1. The molecule has 1 amide bonds. The van der Waals surface area contributed by atoms with Crippen molar-refractivity contribution in [2.24, 2.45) is 0 Å². The minimum Gasteiger partial charge on any atom is -0.494 e. The van der Waals surface area contributed by atoms with Gasteiger partial charge in [0.2, 0.25) is 10.0 Å². The second-order valence-electron chi connectivity index (χ2n) is 7.38. The van der Waals surface area contributed by atoms with Crippen LogP contribution in [-0.2, 0) is 14.8 Å². The van der Waals surface area contributed by atoms with Crippen molar-refractivity contribution in [3.8, 4) is 17.0 Å². The first kappa shape index (κ1) is 23.4. The molecule has 1 aromatic heterocycles. The van der Waals surface area contributed by atoms with Crippen molar-refractivity contribution < 1.29 is 22.7 Å². The van der Waals surface area contributed by atoms with Gasteiger partial charge in [0.25, 0.3) is 5.91 Å². The highest BCUT2D eigenvalue weighted by molar-refractivity contribution is 7.89. The van der Waals surface area contributed by atoms with Crippen LogP contribution in [0, 0.1) is 6.92 Å². The molecule has 33 heavy (non-hydrogen) atoms. The van der Waals surface area contributed by atoms with Gasteiger partial charge in [-0.15, -0.1) is 11.3 Å². The molecule has 0 saturated carbocycles. The zero-order chi connectivity index (χ0) is 23.4. The number of aryl methyl sites for hydroxylation is 1. The fraction of sp³-hybridized carbons (Fsp3) is 0.304. The number of anilines is 1. The summed E-state index contributed by atoms with van der Waals surface area (Å²) >= 11 is 1.38. The van der Waals surface area contributed by atoms with E-state index in [1.54, 1.807) is 0 Å². The van der Waals surface area contributed by atoms with E-state index in [1.165, 1.54) is 39.9 Å². The van der Waals surface area contributed by atoms with E-state index in [9.17, 15) is 13.2 Å². The molecule has 0 aliphatic carbocycles. The summed E-state index contributed by atoms with van der Waals surface area (Å²) in [5.74, 6) is 0.444. The Labute approximate surface area is 197 Å². The van der Waals surface area contributed by atoms with Crippen LogP contribution in [0.3, 0.4) is 0 Å². The second-order valence-corrected chi connectivity index (χ2v) is 10.5. The molecule has 0 atom stereocenters. The molecule has 2 aromatic carbocycles. The maximum Gasteiger partial charge on any atom is 0.257 e. The summed E-state index contributed by atoms with van der Waals surface area (Å²) in [6.07, 6.45) is 0. The monoisotopic (exact) mass is 487 g/mol. The van der Waals surface area contributed by atoms with E-state index in [2.05, 4.69) is 10.3 Å². The minimum absolute atomic E-state index is 0.156. The highest BCUT2D eigenvalue weighted by Crippen LogP contribution is 2.31. The molecule has 10 heteroatoms. The molecule has 1 aliphatic heterocycles. The van der Waals surface area contributed by atoms with Gasteiger partial charge >= 0.3 is 0 Å². The molecule has 8 nitrogen and oxygen atoms in total. The van der Waals surface area contributed by atoms with Crippen LogP contribution in [0.25, 0.3) is 11.3 Å². The number of sulfonamides is 1. The predicted octanol–water partition coefficient (Wildman–Crippen LogP) is 3.79. The molecule has 2 heterocycles. The van der Waals surface area contributed by atoms with Crippen molar-refractivity contribution in [1.82, 2.24) is 9.29 Å². The van der Waals surface area contributed by atoms with Gasteiger partial charge < -0.3 is 9.47 Å². The minimum atomic E-state index is -3.60. The second kappa shape index (κ2) is 10.0. The summed E-state index contributed by atoms with van der Waals surface area (Å²) < 4.78 is 37.6. The number of hydrogen-bond acceptors (Lipinski definition) is 7. The lowest BCUT2D eigenvalue weighted by Crippen LogP contribution is -2.40. The summed E-state index contributed by atoms with van der Waals surface area (Å²) in [5.41, 5.74) is 2.09. The highest BCUT2D eigenvalue weighted by Gasteiger charge is 2.26. The van der Waals surface area contributed by atoms with Gasteiger partial charge in [-0.1, -0.05) is 0 Å². The first-order chi connectivity index (χ1) is 15.9. The van der Waals surface area contributed by atoms with Crippen molar-refractivity contribution in [3.05, 3.63) is 59.0 Å². The lowest BCUT2D eigenvalue weighted by molar-refractivity contribution is 0.0730. The molecule has 0 radical (unpaired) electrons. The Hall–Kier alpha value is -2.79. The number of aromatic nitrogens is 1. The third kappa shape index (κ3) is 5.25. The van der Waals surface area contributed by atoms with Gasteiger partial charge in [0.15, 0.2) is 5.13 Å². The van der Waals surface area contributed by atoms with E-state index >= 15 is 0 Å². The Kier molecular flexibility index (Phi) is 7.08. The topological polar surface area (TPSA) is 97.8 Å². The third-order valence-electron chi connectivity index (χ3n) is 5.18. The first-order valence-corrected chi connectivity index (χ1v) is 12.8. The van der Waals surface area contributed by atoms with Gasteiger partial charge in [0.05, 0.1) is 30.4 Å². The van der Waals surface area contributed by atoms with Gasteiger partial charge in [0, 0.05) is 29.1 Å². The van der Waals surface area contributed by atoms with E-state index in [-0.39, 0.29) is 10.8 Å². The van der Waals surface area contributed by atoms with Gasteiger partial charge in [-0.25, -0.2) is 13.4 Å². The van der Waals surface area contributed by atoms with Gasteiger partial charge in [-0.3, -0.25) is 10.1 Å². The molecule has 1 aliphatic rings. The molecule has 1 fully saturated rings. The average molecular weight is 488 g/mol. The van der Waals surface area contributed by atoms with E-state index < -0.39 is 10.0 Å². The number of nitrogens with one attached hydrogen (secondary N) is 1. The normalized spacial score (nSPS) is 14.7. The van der Waals surface area contributed by atoms with Crippen LogP contribution in [0.15, 0.2) is 53.4 Å². The summed E-state index contributed by atoms with van der Waals surface area (Å²) in [6.45, 7) is 5.90. The first-order valence-electron chi connectivity index (χ1n) is 10.6. The molecule has 1 N–H and O–H groups in total. The third-order valence-corrected chi connectivity index (χ3v) is 7.98. The average Bonchev–Trinajstić information content (AvgIpc) is 3.20. The van der Waals surface area contributed by atoms with Crippen LogP contribution in [-0.4, -0.2) is 56.5 Å². The molecule has 0 unspecified atom stereocenters. The van der Waals surface area contributed by atoms with Crippen molar-refractivity contribution in [1.29, 1.82) is 0 Å². The van der Waals surface area contributed by atoms with Gasteiger partial charge in [-0.2, -0.15) is 4.31 Å². The predicted molar refractivity (Wildman–Crippen MR) is 127 cm³/mol. The molecular formula is C23H25N3O5S2. The Morgan fingerprint density at radius 1 is 1.12 bits per heavy atom. The zero-order valence-electron chi connectivity index (χ0n) is 18.4. The van der Waals surface area contributed by atoms with Crippen LogP contribution in [0.2, 0.25) is 0 Å². The number of ether oxygens (including phenoxy) is 2.